The van der Waals surface area contributed by atoms with E-state index in [4.69, 9.17) is 15.2 Å². The monoisotopic (exact) mass is 294 g/mol. The van der Waals surface area contributed by atoms with Gasteiger partial charge in [-0.15, -0.1) is 0 Å². The Balaban J connectivity index is 2.37. The van der Waals surface area contributed by atoms with Crippen molar-refractivity contribution in [1.29, 1.82) is 0 Å². The predicted octanol–water partition coefficient (Wildman–Crippen LogP) is -0.0930. The third-order valence-electron chi connectivity index (χ3n) is 2.44. The van der Waals surface area contributed by atoms with Crippen LogP contribution in [-0.4, -0.2) is 37.0 Å². The molecule has 0 radical (unpaired) electrons. The average molecular weight is 294 g/mol. The van der Waals surface area contributed by atoms with Crippen LogP contribution in [0.15, 0.2) is 24.3 Å². The Morgan fingerprint density at radius 1 is 1.33 bits per heavy atom. The van der Waals surface area contributed by atoms with Crippen LogP contribution in [0, 0.1) is 6.92 Å². The van der Waals surface area contributed by atoms with Crippen molar-refractivity contribution in [2.75, 3.05) is 13.2 Å². The Bertz CT molecular complexity index is 530. The summed E-state index contributed by atoms with van der Waals surface area (Å²) in [5, 5.41) is 2.20. The minimum atomic E-state index is -0.851. The molecule has 0 aliphatic rings. The molecule has 1 atom stereocenters. The van der Waals surface area contributed by atoms with Crippen molar-refractivity contribution in [2.45, 2.75) is 20.0 Å². The molecule has 0 bridgehead atoms. The van der Waals surface area contributed by atoms with E-state index in [0.29, 0.717) is 5.75 Å². The van der Waals surface area contributed by atoms with Crippen molar-refractivity contribution >= 4 is 17.8 Å². The number of ether oxygens (including phenoxy) is 2. The lowest BCUT2D eigenvalue weighted by atomic mass is 10.2. The zero-order valence-corrected chi connectivity index (χ0v) is 11.9. The largest absolute Gasteiger partial charge is 0.479 e. The SMILES string of the molecule is Cc1cccc(O[C@@H](C)C(=O)OCC(=O)NCC(N)=O)c1. The Morgan fingerprint density at radius 2 is 2.05 bits per heavy atom. The highest BCUT2D eigenvalue weighted by Gasteiger charge is 2.17. The van der Waals surface area contributed by atoms with Gasteiger partial charge in [0.15, 0.2) is 12.7 Å². The summed E-state index contributed by atoms with van der Waals surface area (Å²) in [5.74, 6) is -1.42. The summed E-state index contributed by atoms with van der Waals surface area (Å²) in [7, 11) is 0. The minimum absolute atomic E-state index is 0.300. The lowest BCUT2D eigenvalue weighted by Gasteiger charge is -2.14. The predicted molar refractivity (Wildman–Crippen MR) is 74.4 cm³/mol. The number of hydrogen-bond acceptors (Lipinski definition) is 5. The van der Waals surface area contributed by atoms with Crippen LogP contribution in [0.3, 0.4) is 0 Å². The number of primary amides is 1. The summed E-state index contributed by atoms with van der Waals surface area (Å²) in [6.45, 7) is 2.63. The number of carbonyl (C=O) groups is 3. The number of aryl methyl sites for hydroxylation is 1. The smallest absolute Gasteiger partial charge is 0.347 e. The first-order valence-electron chi connectivity index (χ1n) is 6.33. The van der Waals surface area contributed by atoms with E-state index in [1.54, 1.807) is 18.2 Å². The number of esters is 1. The topological polar surface area (TPSA) is 108 Å². The van der Waals surface area contributed by atoms with Gasteiger partial charge in [-0.2, -0.15) is 0 Å². The number of rotatable bonds is 7. The maximum Gasteiger partial charge on any atom is 0.347 e. The van der Waals surface area contributed by atoms with Gasteiger partial charge in [0.25, 0.3) is 5.91 Å². The van der Waals surface area contributed by atoms with Gasteiger partial charge in [0.1, 0.15) is 5.75 Å². The molecule has 1 aromatic rings. The van der Waals surface area contributed by atoms with E-state index in [-0.39, 0.29) is 6.54 Å². The Morgan fingerprint density at radius 3 is 2.67 bits per heavy atom. The maximum atomic E-state index is 11.7. The summed E-state index contributed by atoms with van der Waals surface area (Å²) >= 11 is 0. The summed E-state index contributed by atoms with van der Waals surface area (Å²) in [6, 6.07) is 7.21. The molecule has 7 heteroatoms. The molecule has 0 aromatic heterocycles. The van der Waals surface area contributed by atoms with Gasteiger partial charge in [-0.3, -0.25) is 9.59 Å². The summed E-state index contributed by atoms with van der Waals surface area (Å²) in [4.78, 5) is 33.4. The fraction of sp³-hybridized carbons (Fsp3) is 0.357. The Kier molecular flexibility index (Phi) is 6.19. The first-order valence-corrected chi connectivity index (χ1v) is 6.33. The van der Waals surface area contributed by atoms with Crippen LogP contribution in [0.2, 0.25) is 0 Å². The molecule has 0 fully saturated rings. The highest BCUT2D eigenvalue weighted by atomic mass is 16.6. The van der Waals surface area contributed by atoms with Crippen molar-refractivity contribution in [3.8, 4) is 5.75 Å². The number of hydrogen-bond donors (Lipinski definition) is 2. The summed E-state index contributed by atoms with van der Waals surface area (Å²) in [6.07, 6.45) is -0.851. The molecular formula is C14H18N2O5. The van der Waals surface area contributed by atoms with Crippen molar-refractivity contribution in [1.82, 2.24) is 5.32 Å². The second-order valence-electron chi connectivity index (χ2n) is 4.43. The molecule has 0 saturated carbocycles. The van der Waals surface area contributed by atoms with Crippen LogP contribution in [0.4, 0.5) is 0 Å². The molecule has 0 unspecified atom stereocenters. The van der Waals surface area contributed by atoms with Crippen LogP contribution in [0.1, 0.15) is 12.5 Å². The maximum absolute atomic E-state index is 11.7. The van der Waals surface area contributed by atoms with Gasteiger partial charge in [-0.25, -0.2) is 4.79 Å². The van der Waals surface area contributed by atoms with E-state index in [0.717, 1.165) is 5.56 Å². The third-order valence-corrected chi connectivity index (χ3v) is 2.44. The Hall–Kier alpha value is -2.57. The lowest BCUT2D eigenvalue weighted by molar-refractivity contribution is -0.154. The fourth-order valence-corrected chi connectivity index (χ4v) is 1.43. The highest BCUT2D eigenvalue weighted by Crippen LogP contribution is 2.14. The summed E-state index contributed by atoms with van der Waals surface area (Å²) in [5.41, 5.74) is 5.86. The zero-order valence-electron chi connectivity index (χ0n) is 11.9. The van der Waals surface area contributed by atoms with Gasteiger partial charge in [0.05, 0.1) is 6.54 Å². The fourth-order valence-electron chi connectivity index (χ4n) is 1.43. The molecule has 2 amide bonds. The molecular weight excluding hydrogens is 276 g/mol. The van der Waals surface area contributed by atoms with Crippen LogP contribution >= 0.6 is 0 Å². The second-order valence-corrected chi connectivity index (χ2v) is 4.43. The molecule has 114 valence electrons. The van der Waals surface area contributed by atoms with E-state index in [1.807, 2.05) is 13.0 Å². The molecule has 0 aliphatic heterocycles. The first-order chi connectivity index (χ1) is 9.88. The number of carbonyl (C=O) groups excluding carboxylic acids is 3. The van der Waals surface area contributed by atoms with Crippen molar-refractivity contribution in [2.24, 2.45) is 5.73 Å². The minimum Gasteiger partial charge on any atom is -0.479 e. The second kappa shape index (κ2) is 7.88. The van der Waals surface area contributed by atoms with Crippen LogP contribution in [-0.2, 0) is 19.1 Å². The van der Waals surface area contributed by atoms with Crippen molar-refractivity contribution in [3.63, 3.8) is 0 Å². The molecule has 0 spiro atoms. The molecule has 0 saturated heterocycles. The molecule has 0 heterocycles. The standard InChI is InChI=1S/C14H18N2O5/c1-9-4-3-5-11(6-9)21-10(2)14(19)20-8-13(18)16-7-12(15)17/h3-6,10H,7-8H2,1-2H3,(H2,15,17)(H,16,18)/t10-/m0/s1. The van der Waals surface area contributed by atoms with Gasteiger partial charge in [-0.1, -0.05) is 12.1 Å². The molecule has 21 heavy (non-hydrogen) atoms. The van der Waals surface area contributed by atoms with Gasteiger partial charge in [0, 0.05) is 0 Å². The van der Waals surface area contributed by atoms with Crippen LogP contribution in [0.25, 0.3) is 0 Å². The first kappa shape index (κ1) is 16.5. The quantitative estimate of drug-likeness (QED) is 0.683. The van der Waals surface area contributed by atoms with Gasteiger partial charge < -0.3 is 20.5 Å². The van der Waals surface area contributed by atoms with Crippen LogP contribution in [0.5, 0.6) is 5.75 Å². The molecule has 1 aromatic carbocycles. The zero-order chi connectivity index (χ0) is 15.8. The van der Waals surface area contributed by atoms with E-state index in [9.17, 15) is 14.4 Å². The van der Waals surface area contributed by atoms with Gasteiger partial charge >= 0.3 is 5.97 Å². The van der Waals surface area contributed by atoms with Crippen LogP contribution < -0.4 is 15.8 Å². The lowest BCUT2D eigenvalue weighted by Crippen LogP contribution is -2.37. The molecule has 7 nitrogen and oxygen atoms in total. The highest BCUT2D eigenvalue weighted by molar-refractivity contribution is 5.86. The van der Waals surface area contributed by atoms with E-state index < -0.39 is 30.5 Å². The molecule has 0 aliphatic carbocycles. The van der Waals surface area contributed by atoms with Crippen molar-refractivity contribution in [3.05, 3.63) is 29.8 Å². The molecule has 1 rings (SSSR count). The molecule has 3 N–H and O–H groups in total. The van der Waals surface area contributed by atoms with Gasteiger partial charge in [-0.05, 0) is 31.5 Å². The average Bonchev–Trinajstić information content (AvgIpc) is 2.42. The number of nitrogens with one attached hydrogen (secondary N) is 1. The van der Waals surface area contributed by atoms with E-state index >= 15 is 0 Å². The number of benzene rings is 1. The third kappa shape index (κ3) is 6.42. The van der Waals surface area contributed by atoms with E-state index in [1.165, 1.54) is 6.92 Å². The van der Waals surface area contributed by atoms with Crippen molar-refractivity contribution < 1.29 is 23.9 Å². The number of nitrogens with two attached hydrogens (primary N) is 1. The van der Waals surface area contributed by atoms with E-state index in [2.05, 4.69) is 5.32 Å². The normalized spacial score (nSPS) is 11.3. The summed E-state index contributed by atoms with van der Waals surface area (Å²) < 4.78 is 10.2. The Labute approximate surface area is 122 Å². The number of amides is 2. The van der Waals surface area contributed by atoms with Gasteiger partial charge in [0.2, 0.25) is 5.91 Å².